The van der Waals surface area contributed by atoms with Crippen LogP contribution in [0.3, 0.4) is 0 Å². The van der Waals surface area contributed by atoms with Crippen LogP contribution in [0.25, 0.3) is 21.5 Å². The van der Waals surface area contributed by atoms with Crippen LogP contribution in [0.5, 0.6) is 0 Å². The van der Waals surface area contributed by atoms with Gasteiger partial charge in [-0.25, -0.2) is 0 Å². The van der Waals surface area contributed by atoms with Crippen molar-refractivity contribution in [1.82, 2.24) is 0 Å². The lowest BCUT2D eigenvalue weighted by Gasteiger charge is -2.38. The molecule has 0 saturated carbocycles. The van der Waals surface area contributed by atoms with Gasteiger partial charge >= 0.3 is 0 Å². The first-order valence-electron chi connectivity index (χ1n) is 15.1. The zero-order valence-electron chi connectivity index (χ0n) is 26.6. The molecule has 0 N–H and O–H groups in total. The van der Waals surface area contributed by atoms with Gasteiger partial charge in [-0.2, -0.15) is 4.58 Å². The van der Waals surface area contributed by atoms with Gasteiger partial charge in [0.05, 0.1) is 5.41 Å². The van der Waals surface area contributed by atoms with Crippen molar-refractivity contribution < 1.29 is 4.58 Å². The van der Waals surface area contributed by atoms with Crippen LogP contribution in [-0.2, 0) is 10.8 Å². The summed E-state index contributed by atoms with van der Waals surface area (Å²) in [5, 5.41) is 5.31. The minimum atomic E-state index is -0.132. The summed E-state index contributed by atoms with van der Waals surface area (Å²) >= 11 is 0. The predicted molar refractivity (Wildman–Crippen MR) is 178 cm³/mol. The second kappa shape index (κ2) is 8.92. The summed E-state index contributed by atoms with van der Waals surface area (Å²) < 4.78 is 2.56. The smallest absolute Gasteiger partial charge is 0.210 e. The summed E-state index contributed by atoms with van der Waals surface area (Å²) in [4.78, 5) is 2.56. The standard InChI is InChI=1S/C39H45N2/c1-36(2,3)40-30-24-22-26-16-11-13-18-28(26)34(30)38(7,8)32(40)20-15-21-33-39(9,10)35-29-19-14-12-17-27(29)23-25-31(35)41(33)37(4,5)6/h11-25H,1-10H3/q+1. The number of rotatable bonds is 2. The molecule has 0 radical (unpaired) electrons. The Hall–Kier alpha value is -3.65. The second-order valence-corrected chi connectivity index (χ2v) is 14.9. The van der Waals surface area contributed by atoms with Crippen molar-refractivity contribution in [2.45, 2.75) is 91.1 Å². The molecule has 4 aromatic rings. The minimum absolute atomic E-state index is 0.0585. The number of nitrogens with zero attached hydrogens (tertiary/aromatic N) is 2. The molecule has 0 aliphatic carbocycles. The van der Waals surface area contributed by atoms with E-state index >= 15 is 0 Å². The monoisotopic (exact) mass is 541 g/mol. The lowest BCUT2D eigenvalue weighted by atomic mass is 9.78. The van der Waals surface area contributed by atoms with Gasteiger partial charge in [-0.15, -0.1) is 0 Å². The Morgan fingerprint density at radius 1 is 0.659 bits per heavy atom. The summed E-state index contributed by atoms with van der Waals surface area (Å²) in [7, 11) is 0. The van der Waals surface area contributed by atoms with E-state index in [0.717, 1.165) is 0 Å². The maximum absolute atomic E-state index is 2.56. The number of fused-ring (bicyclic) bond motifs is 6. The first-order valence-corrected chi connectivity index (χ1v) is 15.1. The maximum atomic E-state index is 2.56. The number of anilines is 1. The van der Waals surface area contributed by atoms with Gasteiger partial charge in [-0.1, -0.05) is 74.5 Å². The minimum Gasteiger partial charge on any atom is -0.339 e. The van der Waals surface area contributed by atoms with Crippen LogP contribution < -0.4 is 4.90 Å². The van der Waals surface area contributed by atoms with Gasteiger partial charge in [0.1, 0.15) is 0 Å². The quantitative estimate of drug-likeness (QED) is 0.229. The molecule has 2 aliphatic heterocycles. The summed E-state index contributed by atoms with van der Waals surface area (Å²) in [5.41, 5.74) is 7.80. The number of hydrogen-bond acceptors (Lipinski definition) is 1. The number of benzene rings is 4. The van der Waals surface area contributed by atoms with Crippen molar-refractivity contribution >= 4 is 38.6 Å². The van der Waals surface area contributed by atoms with Crippen LogP contribution in [0.1, 0.15) is 80.4 Å². The predicted octanol–water partition coefficient (Wildman–Crippen LogP) is 10.2. The Labute approximate surface area is 246 Å². The van der Waals surface area contributed by atoms with Crippen LogP contribution in [0.4, 0.5) is 11.4 Å². The third-order valence-corrected chi connectivity index (χ3v) is 9.16. The van der Waals surface area contributed by atoms with Crippen molar-refractivity contribution in [3.8, 4) is 0 Å². The summed E-state index contributed by atoms with van der Waals surface area (Å²) in [6.07, 6.45) is 7.07. The van der Waals surface area contributed by atoms with Gasteiger partial charge in [0.2, 0.25) is 5.69 Å². The van der Waals surface area contributed by atoms with Crippen molar-refractivity contribution in [1.29, 1.82) is 0 Å². The Bertz CT molecular complexity index is 1800. The van der Waals surface area contributed by atoms with E-state index in [2.05, 4.69) is 170 Å². The first kappa shape index (κ1) is 27.5. The van der Waals surface area contributed by atoms with Crippen LogP contribution in [0, 0.1) is 0 Å². The Morgan fingerprint density at radius 2 is 1.22 bits per heavy atom. The Kier molecular flexibility index (Phi) is 5.99. The van der Waals surface area contributed by atoms with E-state index in [9.17, 15) is 0 Å². The Morgan fingerprint density at radius 3 is 1.80 bits per heavy atom. The van der Waals surface area contributed by atoms with E-state index in [1.165, 1.54) is 55.5 Å². The summed E-state index contributed by atoms with van der Waals surface area (Å²) in [6.45, 7) is 23.5. The van der Waals surface area contributed by atoms with Gasteiger partial charge in [0, 0.05) is 60.8 Å². The largest absolute Gasteiger partial charge is 0.339 e. The van der Waals surface area contributed by atoms with Crippen molar-refractivity contribution in [2.24, 2.45) is 0 Å². The third-order valence-electron chi connectivity index (χ3n) is 9.16. The molecule has 0 fully saturated rings. The molecule has 2 heterocycles. The molecule has 2 heteroatoms. The van der Waals surface area contributed by atoms with Gasteiger partial charge in [0.25, 0.3) is 0 Å². The average molecular weight is 542 g/mol. The molecular weight excluding hydrogens is 496 g/mol. The molecule has 0 bridgehead atoms. The Balaban J connectivity index is 1.52. The second-order valence-electron chi connectivity index (χ2n) is 14.9. The van der Waals surface area contributed by atoms with Crippen molar-refractivity contribution in [3.63, 3.8) is 0 Å². The molecule has 2 aliphatic rings. The van der Waals surface area contributed by atoms with Crippen LogP contribution in [0.15, 0.2) is 96.7 Å². The van der Waals surface area contributed by atoms with Crippen molar-refractivity contribution in [2.75, 3.05) is 4.90 Å². The highest BCUT2D eigenvalue weighted by Crippen LogP contribution is 2.53. The molecule has 0 aromatic heterocycles. The topological polar surface area (TPSA) is 6.25 Å². The van der Waals surface area contributed by atoms with E-state index in [4.69, 9.17) is 0 Å². The van der Waals surface area contributed by atoms with Crippen LogP contribution in [0.2, 0.25) is 0 Å². The van der Waals surface area contributed by atoms with E-state index < -0.39 is 0 Å². The van der Waals surface area contributed by atoms with E-state index in [1.807, 2.05) is 0 Å². The molecule has 0 unspecified atom stereocenters. The fraction of sp³-hybridized carbons (Fsp3) is 0.359. The molecule has 2 nitrogen and oxygen atoms in total. The number of hydrogen-bond donors (Lipinski definition) is 0. The number of allylic oxidation sites excluding steroid dienone is 4. The highest BCUT2D eigenvalue weighted by Gasteiger charge is 2.49. The van der Waals surface area contributed by atoms with E-state index in [1.54, 1.807) is 0 Å². The molecule has 4 aromatic carbocycles. The third kappa shape index (κ3) is 4.09. The molecule has 0 spiro atoms. The molecule has 210 valence electrons. The molecule has 0 saturated heterocycles. The SMILES string of the molecule is CC1(C)C(/C=C/C=C2\N(C(C)(C)C)c3ccc4ccccc4c3C2(C)C)=[N+](C(C)(C)C)c2ccc3ccccc3c21. The molecule has 6 rings (SSSR count). The lowest BCUT2D eigenvalue weighted by molar-refractivity contribution is -0.517. The lowest BCUT2D eigenvalue weighted by Crippen LogP contribution is -2.41. The van der Waals surface area contributed by atoms with Gasteiger partial charge in [-0.05, 0) is 79.9 Å². The fourth-order valence-electron chi connectivity index (χ4n) is 7.52. The summed E-state index contributed by atoms with van der Waals surface area (Å²) in [6, 6.07) is 26.9. The maximum Gasteiger partial charge on any atom is 0.210 e. The van der Waals surface area contributed by atoms with Gasteiger partial charge in [0.15, 0.2) is 11.3 Å². The van der Waals surface area contributed by atoms with Crippen LogP contribution in [-0.4, -0.2) is 21.4 Å². The fourth-order valence-corrected chi connectivity index (χ4v) is 7.52. The molecular formula is C39H45N2+. The first-order chi connectivity index (χ1) is 19.1. The van der Waals surface area contributed by atoms with Gasteiger partial charge in [-0.3, -0.25) is 0 Å². The van der Waals surface area contributed by atoms with E-state index in [0.29, 0.717) is 0 Å². The highest BCUT2D eigenvalue weighted by molar-refractivity contribution is 6.08. The highest BCUT2D eigenvalue weighted by atomic mass is 15.2. The van der Waals surface area contributed by atoms with Crippen molar-refractivity contribution in [3.05, 3.63) is 108 Å². The zero-order chi connectivity index (χ0) is 29.5. The molecule has 0 amide bonds. The van der Waals surface area contributed by atoms with Gasteiger partial charge < -0.3 is 4.90 Å². The summed E-state index contributed by atoms with van der Waals surface area (Å²) in [5.74, 6) is 0. The molecule has 41 heavy (non-hydrogen) atoms. The molecule has 0 atom stereocenters. The van der Waals surface area contributed by atoms with Crippen LogP contribution >= 0.6 is 0 Å². The average Bonchev–Trinajstić information content (AvgIpc) is 3.28. The van der Waals surface area contributed by atoms with E-state index in [-0.39, 0.29) is 21.9 Å². The normalized spacial score (nSPS) is 19.2. The zero-order valence-corrected chi connectivity index (χ0v) is 26.6.